The van der Waals surface area contributed by atoms with E-state index in [-0.39, 0.29) is 18.6 Å². The molecule has 0 saturated carbocycles. The number of hydrogen-bond acceptors (Lipinski definition) is 9. The fraction of sp³-hybridized carbons (Fsp3) is 0.452. The second-order valence-electron chi connectivity index (χ2n) is 12.2. The SMILES string of the molecule is C[C@@H]1NC(=O)[C@H](NC(=O)[C@@H](N)Cc2ccc(O)cc2)C(C)(C)SSC(C)(C)[C@H](C(=O)O)NC(=O)[C@H](Cc2ccc(F)cc2)NC1=O. The molecule has 8 N–H and O–H groups in total. The standard InChI is InChI=1S/C31H40FN5O7S2/c1-16-25(39)35-22(15-18-6-10-19(32)11-7-18)27(41)37-24(29(43)44)31(4,5)46-45-30(2,3)23(28(42)34-16)36-26(40)21(33)14-17-8-12-20(38)13-9-17/h6-13,16,21-24,38H,14-15,33H2,1-5H3,(H,34,42)(H,35,39)(H,36,40)(H,37,41)(H,43,44)/t16-,21-,22-,23-,24-/m0/s1. The molecule has 0 bridgehead atoms. The van der Waals surface area contributed by atoms with Gasteiger partial charge in [0.25, 0.3) is 0 Å². The molecule has 1 heterocycles. The van der Waals surface area contributed by atoms with Crippen molar-refractivity contribution in [3.8, 4) is 5.75 Å². The van der Waals surface area contributed by atoms with E-state index in [1.54, 1.807) is 39.8 Å². The first-order chi connectivity index (χ1) is 21.4. The van der Waals surface area contributed by atoms with E-state index in [4.69, 9.17) is 5.73 Å². The number of phenols is 1. The van der Waals surface area contributed by atoms with Crippen LogP contribution in [0, 0.1) is 5.82 Å². The van der Waals surface area contributed by atoms with Crippen LogP contribution in [-0.2, 0) is 36.8 Å². The van der Waals surface area contributed by atoms with Gasteiger partial charge < -0.3 is 37.2 Å². The topological polar surface area (TPSA) is 200 Å². The highest BCUT2D eigenvalue weighted by molar-refractivity contribution is 8.77. The van der Waals surface area contributed by atoms with Crippen molar-refractivity contribution in [1.29, 1.82) is 0 Å². The highest BCUT2D eigenvalue weighted by atomic mass is 33.1. The van der Waals surface area contributed by atoms with Crippen LogP contribution in [0.1, 0.15) is 45.7 Å². The zero-order chi connectivity index (χ0) is 34.4. The minimum absolute atomic E-state index is 0.0574. The van der Waals surface area contributed by atoms with E-state index in [0.29, 0.717) is 11.1 Å². The van der Waals surface area contributed by atoms with Crippen LogP contribution in [0.15, 0.2) is 48.5 Å². The maximum Gasteiger partial charge on any atom is 0.327 e. The molecule has 1 fully saturated rings. The van der Waals surface area contributed by atoms with Crippen LogP contribution in [0.2, 0.25) is 0 Å². The number of phenolic OH excluding ortho intramolecular Hbond substituents is 1. The average Bonchev–Trinajstić information content (AvgIpc) is 2.98. The molecular weight excluding hydrogens is 638 g/mol. The minimum atomic E-state index is -1.43. The molecule has 5 atom stereocenters. The molecule has 0 spiro atoms. The summed E-state index contributed by atoms with van der Waals surface area (Å²) < 4.78 is 11.3. The lowest BCUT2D eigenvalue weighted by atomic mass is 9.99. The molecule has 46 heavy (non-hydrogen) atoms. The third-order valence-corrected chi connectivity index (χ3v) is 11.7. The van der Waals surface area contributed by atoms with Gasteiger partial charge in [-0.1, -0.05) is 45.9 Å². The summed E-state index contributed by atoms with van der Waals surface area (Å²) in [6.07, 6.45) is 0.0296. The van der Waals surface area contributed by atoms with Crippen LogP contribution in [-0.4, -0.2) is 79.5 Å². The molecule has 0 radical (unpaired) electrons. The molecule has 1 aliphatic heterocycles. The van der Waals surface area contributed by atoms with Gasteiger partial charge >= 0.3 is 5.97 Å². The lowest BCUT2D eigenvalue weighted by molar-refractivity contribution is -0.143. The molecular formula is C31H40FN5O7S2. The Bertz CT molecular complexity index is 1440. The first kappa shape index (κ1) is 36.6. The van der Waals surface area contributed by atoms with Crippen LogP contribution in [0.4, 0.5) is 4.39 Å². The van der Waals surface area contributed by atoms with Crippen LogP contribution >= 0.6 is 21.6 Å². The van der Waals surface area contributed by atoms with E-state index in [0.717, 1.165) is 21.6 Å². The van der Waals surface area contributed by atoms with Crippen LogP contribution in [0.5, 0.6) is 5.75 Å². The summed E-state index contributed by atoms with van der Waals surface area (Å²) in [6, 6.07) is 5.30. The Balaban J connectivity index is 1.93. The minimum Gasteiger partial charge on any atom is -0.508 e. The second-order valence-corrected chi connectivity index (χ2v) is 15.6. The largest absolute Gasteiger partial charge is 0.508 e. The summed E-state index contributed by atoms with van der Waals surface area (Å²) in [7, 11) is 2.24. The normalized spacial score (nSPS) is 24.4. The molecule has 250 valence electrons. The molecule has 0 unspecified atom stereocenters. The van der Waals surface area contributed by atoms with Gasteiger partial charge in [-0.25, -0.2) is 9.18 Å². The smallest absolute Gasteiger partial charge is 0.327 e. The zero-order valence-corrected chi connectivity index (χ0v) is 27.8. The van der Waals surface area contributed by atoms with Gasteiger partial charge in [-0.15, -0.1) is 0 Å². The molecule has 3 rings (SSSR count). The summed E-state index contributed by atoms with van der Waals surface area (Å²) in [5.41, 5.74) is 7.37. The number of halogens is 1. The van der Waals surface area contributed by atoms with E-state index in [2.05, 4.69) is 21.3 Å². The number of nitrogens with one attached hydrogen (secondary N) is 4. The first-order valence-corrected chi connectivity index (χ1v) is 16.6. The number of carbonyl (C=O) groups excluding carboxylic acids is 4. The molecule has 1 saturated heterocycles. The molecule has 4 amide bonds. The number of amides is 4. The maximum absolute atomic E-state index is 13.7. The van der Waals surface area contributed by atoms with Crippen molar-refractivity contribution in [2.24, 2.45) is 5.73 Å². The van der Waals surface area contributed by atoms with E-state index in [1.807, 2.05) is 0 Å². The van der Waals surface area contributed by atoms with Gasteiger partial charge in [0.2, 0.25) is 23.6 Å². The number of rotatable bonds is 7. The van der Waals surface area contributed by atoms with Crippen molar-refractivity contribution in [3.63, 3.8) is 0 Å². The van der Waals surface area contributed by atoms with E-state index in [1.165, 1.54) is 43.3 Å². The lowest BCUT2D eigenvalue weighted by Gasteiger charge is -2.38. The van der Waals surface area contributed by atoms with Gasteiger partial charge in [-0.2, -0.15) is 0 Å². The van der Waals surface area contributed by atoms with Crippen LogP contribution in [0.3, 0.4) is 0 Å². The Labute approximate surface area is 274 Å². The lowest BCUT2D eigenvalue weighted by Crippen LogP contribution is -2.63. The number of aliphatic carboxylic acids is 1. The number of carboxylic acid groups (broad SMARTS) is 1. The van der Waals surface area contributed by atoms with Gasteiger partial charge in [-0.05, 0) is 76.4 Å². The number of nitrogens with two attached hydrogens (primary N) is 1. The first-order valence-electron chi connectivity index (χ1n) is 14.5. The average molecular weight is 678 g/mol. The third kappa shape index (κ3) is 9.84. The Kier molecular flexibility index (Phi) is 12.1. The van der Waals surface area contributed by atoms with Gasteiger partial charge in [0.1, 0.15) is 35.7 Å². The van der Waals surface area contributed by atoms with Crippen molar-refractivity contribution < 1.29 is 38.6 Å². The second kappa shape index (κ2) is 15.2. The predicted octanol–water partition coefficient (Wildman–Crippen LogP) is 1.64. The molecule has 0 aliphatic carbocycles. The fourth-order valence-corrected chi connectivity index (χ4v) is 7.41. The van der Waals surface area contributed by atoms with Gasteiger partial charge in [0.05, 0.1) is 10.8 Å². The summed E-state index contributed by atoms with van der Waals surface area (Å²) in [5, 5.41) is 30.1. The zero-order valence-electron chi connectivity index (χ0n) is 26.1. The number of benzene rings is 2. The van der Waals surface area contributed by atoms with Gasteiger partial charge in [0.15, 0.2) is 0 Å². The van der Waals surface area contributed by atoms with E-state index in [9.17, 15) is 38.6 Å². The van der Waals surface area contributed by atoms with Crippen molar-refractivity contribution in [1.82, 2.24) is 21.3 Å². The monoisotopic (exact) mass is 677 g/mol. The molecule has 2 aromatic carbocycles. The summed E-state index contributed by atoms with van der Waals surface area (Å²) in [6.45, 7) is 7.99. The highest BCUT2D eigenvalue weighted by Gasteiger charge is 2.45. The molecule has 1 aliphatic rings. The summed E-state index contributed by atoms with van der Waals surface area (Å²) in [4.78, 5) is 66.1. The number of carbonyl (C=O) groups is 5. The third-order valence-electron chi connectivity index (χ3n) is 7.41. The Morgan fingerprint density at radius 3 is 2.04 bits per heavy atom. The molecule has 0 aromatic heterocycles. The Morgan fingerprint density at radius 2 is 1.46 bits per heavy atom. The van der Waals surface area contributed by atoms with E-state index < -0.39 is 75.1 Å². The van der Waals surface area contributed by atoms with Gasteiger partial charge in [0, 0.05) is 11.2 Å². The van der Waals surface area contributed by atoms with Crippen molar-refractivity contribution in [2.45, 2.75) is 87.2 Å². The predicted molar refractivity (Wildman–Crippen MR) is 174 cm³/mol. The van der Waals surface area contributed by atoms with Crippen molar-refractivity contribution >= 4 is 51.2 Å². The fourth-order valence-electron chi connectivity index (χ4n) is 4.59. The van der Waals surface area contributed by atoms with Crippen molar-refractivity contribution in [3.05, 3.63) is 65.5 Å². The van der Waals surface area contributed by atoms with Crippen LogP contribution < -0.4 is 27.0 Å². The molecule has 2 aromatic rings. The molecule has 15 heteroatoms. The number of carboxylic acids is 1. The number of aromatic hydroxyl groups is 1. The van der Waals surface area contributed by atoms with Crippen LogP contribution in [0.25, 0.3) is 0 Å². The summed E-state index contributed by atoms with van der Waals surface area (Å²) in [5.74, 6) is -4.61. The van der Waals surface area contributed by atoms with Crippen molar-refractivity contribution in [2.75, 3.05) is 0 Å². The highest BCUT2D eigenvalue weighted by Crippen LogP contribution is 2.46. The quantitative estimate of drug-likeness (QED) is 0.211. The summed E-state index contributed by atoms with van der Waals surface area (Å²) >= 11 is 0. The maximum atomic E-state index is 13.7. The molecule has 12 nitrogen and oxygen atoms in total. The van der Waals surface area contributed by atoms with Gasteiger partial charge in [-0.3, -0.25) is 19.2 Å². The Morgan fingerprint density at radius 1 is 0.891 bits per heavy atom. The Hall–Kier alpha value is -3.82. The van der Waals surface area contributed by atoms with E-state index >= 15 is 0 Å². The number of hydrogen-bond donors (Lipinski definition) is 7.